The lowest BCUT2D eigenvalue weighted by Gasteiger charge is -2.16. The predicted molar refractivity (Wildman–Crippen MR) is 114 cm³/mol. The number of guanidine groups is 1. The number of rotatable bonds is 9. The van der Waals surface area contributed by atoms with Gasteiger partial charge in [-0.1, -0.05) is 37.2 Å². The first-order valence-corrected chi connectivity index (χ1v) is 11.2. The molecule has 2 rings (SSSR count). The normalized spacial score (nSPS) is 12.6. The molecule has 1 heterocycles. The number of hydrogen-bond donors (Lipinski definition) is 2. The highest BCUT2D eigenvalue weighted by Gasteiger charge is 2.20. The minimum absolute atomic E-state index is 0.276. The molecule has 29 heavy (non-hydrogen) atoms. The number of nitrogens with one attached hydrogen (secondary N) is 2. The summed E-state index contributed by atoms with van der Waals surface area (Å²) in [6.07, 6.45) is 2.04. The Hall–Kier alpha value is -2.39. The summed E-state index contributed by atoms with van der Waals surface area (Å²) < 4.78 is 31.7. The maximum Gasteiger partial charge on any atom is 0.242 e. The number of aliphatic imine (C=N–C) groups is 1. The fourth-order valence-electron chi connectivity index (χ4n) is 2.98. The van der Waals surface area contributed by atoms with Gasteiger partial charge in [0.05, 0.1) is 17.1 Å². The van der Waals surface area contributed by atoms with Gasteiger partial charge < -0.3 is 15.2 Å². The summed E-state index contributed by atoms with van der Waals surface area (Å²) in [5.41, 5.74) is 1.64. The van der Waals surface area contributed by atoms with Gasteiger partial charge in [0.15, 0.2) is 11.7 Å². The monoisotopic (exact) mass is 421 g/mol. The molecular formula is C20H31N5O3S. The van der Waals surface area contributed by atoms with Crippen LogP contribution in [-0.4, -0.2) is 45.0 Å². The largest absolute Gasteiger partial charge is 0.359 e. The van der Waals surface area contributed by atoms with Crippen molar-refractivity contribution in [1.82, 2.24) is 20.1 Å². The highest BCUT2D eigenvalue weighted by atomic mass is 32.2. The standard InChI is InChI=1S/C20H31N5O3S/c1-6-15(7-2)18-12-17(28-24-18)14-23-20(21-3)22-13-16-10-8-9-11-19(16)29(26,27)25(4)5/h8-12,15H,6-7,13-14H2,1-5H3,(H2,21,22,23). The van der Waals surface area contributed by atoms with Gasteiger partial charge in [0.2, 0.25) is 10.0 Å². The third kappa shape index (κ3) is 5.80. The van der Waals surface area contributed by atoms with Crippen molar-refractivity contribution in [3.8, 4) is 0 Å². The zero-order valence-corrected chi connectivity index (χ0v) is 18.6. The lowest BCUT2D eigenvalue weighted by atomic mass is 9.99. The van der Waals surface area contributed by atoms with Crippen LogP contribution in [0.15, 0.2) is 44.7 Å². The van der Waals surface area contributed by atoms with Crippen LogP contribution < -0.4 is 10.6 Å². The van der Waals surface area contributed by atoms with Gasteiger partial charge in [-0.2, -0.15) is 0 Å². The van der Waals surface area contributed by atoms with Crippen molar-refractivity contribution >= 4 is 16.0 Å². The van der Waals surface area contributed by atoms with Gasteiger partial charge in [-0.25, -0.2) is 12.7 Å². The average molecular weight is 422 g/mol. The maximum absolute atomic E-state index is 12.5. The van der Waals surface area contributed by atoms with Gasteiger partial charge in [-0.3, -0.25) is 4.99 Å². The number of hydrogen-bond acceptors (Lipinski definition) is 5. The molecule has 0 fully saturated rings. The van der Waals surface area contributed by atoms with E-state index in [2.05, 4.69) is 34.6 Å². The fraction of sp³-hybridized carbons (Fsp3) is 0.500. The molecule has 1 aromatic heterocycles. The lowest BCUT2D eigenvalue weighted by Crippen LogP contribution is -2.36. The number of aromatic nitrogens is 1. The van der Waals surface area contributed by atoms with E-state index in [1.807, 2.05) is 12.1 Å². The molecule has 0 amide bonds. The van der Waals surface area contributed by atoms with E-state index in [-0.39, 0.29) is 4.90 Å². The van der Waals surface area contributed by atoms with E-state index >= 15 is 0 Å². The molecule has 8 nitrogen and oxygen atoms in total. The third-order valence-electron chi connectivity index (χ3n) is 4.81. The van der Waals surface area contributed by atoms with E-state index in [0.29, 0.717) is 30.5 Å². The van der Waals surface area contributed by atoms with Crippen LogP contribution in [0, 0.1) is 0 Å². The quantitative estimate of drug-likeness (QED) is 0.477. The second-order valence-corrected chi connectivity index (χ2v) is 9.03. The average Bonchev–Trinajstić information content (AvgIpc) is 3.18. The van der Waals surface area contributed by atoms with Gasteiger partial charge in [-0.05, 0) is 24.5 Å². The molecule has 2 N–H and O–H groups in total. The smallest absolute Gasteiger partial charge is 0.242 e. The Balaban J connectivity index is 2.01. The van der Waals surface area contributed by atoms with E-state index in [1.165, 1.54) is 18.4 Å². The molecule has 0 spiro atoms. The topological polar surface area (TPSA) is 99.8 Å². The van der Waals surface area contributed by atoms with Gasteiger partial charge >= 0.3 is 0 Å². The second kappa shape index (κ2) is 10.4. The summed E-state index contributed by atoms with van der Waals surface area (Å²) >= 11 is 0. The molecule has 160 valence electrons. The molecule has 9 heteroatoms. The Kier molecular flexibility index (Phi) is 8.21. The lowest BCUT2D eigenvalue weighted by molar-refractivity contribution is 0.368. The zero-order chi connectivity index (χ0) is 21.4. The Labute approximate surface area is 173 Å². The van der Waals surface area contributed by atoms with Crippen LogP contribution in [0.3, 0.4) is 0 Å². The molecule has 2 aromatic rings. The number of nitrogens with zero attached hydrogens (tertiary/aromatic N) is 3. The van der Waals surface area contributed by atoms with E-state index < -0.39 is 10.0 Å². The molecule has 0 aliphatic heterocycles. The molecular weight excluding hydrogens is 390 g/mol. The summed E-state index contributed by atoms with van der Waals surface area (Å²) in [7, 11) is 1.18. The highest BCUT2D eigenvalue weighted by molar-refractivity contribution is 7.89. The van der Waals surface area contributed by atoms with E-state index in [0.717, 1.165) is 24.3 Å². The van der Waals surface area contributed by atoms with Crippen LogP contribution in [0.2, 0.25) is 0 Å². The summed E-state index contributed by atoms with van der Waals surface area (Å²) in [4.78, 5) is 4.47. The van der Waals surface area contributed by atoms with Crippen molar-refractivity contribution < 1.29 is 12.9 Å². The highest BCUT2D eigenvalue weighted by Crippen LogP contribution is 2.22. The van der Waals surface area contributed by atoms with Gasteiger partial charge in [-0.15, -0.1) is 0 Å². The summed E-state index contributed by atoms with van der Waals surface area (Å²) in [5.74, 6) is 1.67. The minimum Gasteiger partial charge on any atom is -0.359 e. The van der Waals surface area contributed by atoms with Crippen LogP contribution >= 0.6 is 0 Å². The number of benzene rings is 1. The SMILES string of the molecule is CCC(CC)c1cc(CNC(=NC)NCc2ccccc2S(=O)(=O)N(C)C)on1. The van der Waals surface area contributed by atoms with Crippen LogP contribution in [0.1, 0.15) is 49.6 Å². The second-order valence-electron chi connectivity index (χ2n) is 6.91. The van der Waals surface area contributed by atoms with E-state index in [4.69, 9.17) is 4.52 Å². The molecule has 0 saturated carbocycles. The summed E-state index contributed by atoms with van der Waals surface area (Å²) in [6.45, 7) is 5.03. The van der Waals surface area contributed by atoms with Gasteiger partial charge in [0.25, 0.3) is 0 Å². The van der Waals surface area contributed by atoms with Crippen LogP contribution in [0.25, 0.3) is 0 Å². The van der Waals surface area contributed by atoms with Crippen molar-refractivity contribution in [3.05, 3.63) is 47.3 Å². The molecule has 0 saturated heterocycles. The van der Waals surface area contributed by atoms with Crippen LogP contribution in [0.4, 0.5) is 0 Å². The van der Waals surface area contributed by atoms with E-state index in [9.17, 15) is 8.42 Å². The molecule has 0 aliphatic rings. The predicted octanol–water partition coefficient (Wildman–Crippen LogP) is 2.69. The van der Waals surface area contributed by atoms with Crippen molar-refractivity contribution in [2.45, 2.75) is 50.6 Å². The van der Waals surface area contributed by atoms with Crippen molar-refractivity contribution in [2.24, 2.45) is 4.99 Å². The Morgan fingerprint density at radius 1 is 1.17 bits per heavy atom. The molecule has 0 unspecified atom stereocenters. The summed E-state index contributed by atoms with van der Waals surface area (Å²) in [5, 5.41) is 10.5. The first-order valence-electron chi connectivity index (χ1n) is 9.73. The molecule has 0 radical (unpaired) electrons. The molecule has 0 atom stereocenters. The van der Waals surface area contributed by atoms with Crippen molar-refractivity contribution in [2.75, 3.05) is 21.1 Å². The third-order valence-corrected chi connectivity index (χ3v) is 6.73. The molecule has 0 bridgehead atoms. The van der Waals surface area contributed by atoms with Crippen molar-refractivity contribution in [3.63, 3.8) is 0 Å². The first-order chi connectivity index (χ1) is 13.8. The first kappa shape index (κ1) is 22.9. The Bertz CT molecular complexity index is 918. The molecule has 0 aliphatic carbocycles. The Morgan fingerprint density at radius 2 is 1.83 bits per heavy atom. The minimum atomic E-state index is -3.52. The van der Waals surface area contributed by atoms with E-state index in [1.54, 1.807) is 25.2 Å². The fourth-order valence-corrected chi connectivity index (χ4v) is 4.10. The Morgan fingerprint density at radius 3 is 2.45 bits per heavy atom. The van der Waals surface area contributed by atoms with Crippen molar-refractivity contribution in [1.29, 1.82) is 0 Å². The number of sulfonamides is 1. The van der Waals surface area contributed by atoms with Gasteiger partial charge in [0, 0.05) is 39.7 Å². The zero-order valence-electron chi connectivity index (χ0n) is 17.8. The molecule has 1 aromatic carbocycles. The van der Waals surface area contributed by atoms with Gasteiger partial charge in [0.1, 0.15) is 0 Å². The van der Waals surface area contributed by atoms with Crippen LogP contribution in [-0.2, 0) is 23.1 Å². The van der Waals surface area contributed by atoms with Crippen LogP contribution in [0.5, 0.6) is 0 Å². The summed E-state index contributed by atoms with van der Waals surface area (Å²) in [6, 6.07) is 8.90. The maximum atomic E-state index is 12.5.